The Bertz CT molecular complexity index is 743. The van der Waals surface area contributed by atoms with Gasteiger partial charge in [-0.25, -0.2) is 14.6 Å². The molecule has 0 saturated carbocycles. The van der Waals surface area contributed by atoms with Gasteiger partial charge < -0.3 is 5.73 Å². The van der Waals surface area contributed by atoms with Crippen LogP contribution in [0.2, 0.25) is 0 Å². The Morgan fingerprint density at radius 1 is 1.05 bits per heavy atom. The van der Waals surface area contributed by atoms with Crippen molar-refractivity contribution >= 4 is 5.95 Å². The van der Waals surface area contributed by atoms with Crippen LogP contribution in [-0.2, 0) is 0 Å². The van der Waals surface area contributed by atoms with E-state index in [4.69, 9.17) is 5.73 Å². The van der Waals surface area contributed by atoms with Crippen LogP contribution in [0.1, 0.15) is 11.3 Å². The SMILES string of the molecule is Cc1ccc(-n2cc(-c3ccnc(N)n3)c(C)n2)cc1. The van der Waals surface area contributed by atoms with Crippen molar-refractivity contribution in [2.75, 3.05) is 5.73 Å². The summed E-state index contributed by atoms with van der Waals surface area (Å²) >= 11 is 0. The molecule has 2 aromatic heterocycles. The predicted molar refractivity (Wildman–Crippen MR) is 78.5 cm³/mol. The van der Waals surface area contributed by atoms with E-state index in [1.54, 1.807) is 6.20 Å². The first-order valence-electron chi connectivity index (χ1n) is 6.36. The highest BCUT2D eigenvalue weighted by atomic mass is 15.3. The molecule has 5 nitrogen and oxygen atoms in total. The second kappa shape index (κ2) is 4.77. The minimum Gasteiger partial charge on any atom is -0.368 e. The van der Waals surface area contributed by atoms with Crippen molar-refractivity contribution in [3.05, 3.63) is 54.0 Å². The van der Waals surface area contributed by atoms with Gasteiger partial charge in [-0.2, -0.15) is 5.10 Å². The van der Waals surface area contributed by atoms with Gasteiger partial charge >= 0.3 is 0 Å². The Morgan fingerprint density at radius 3 is 2.50 bits per heavy atom. The van der Waals surface area contributed by atoms with E-state index in [2.05, 4.69) is 34.1 Å². The molecule has 2 N–H and O–H groups in total. The molecule has 100 valence electrons. The topological polar surface area (TPSA) is 69.6 Å². The lowest BCUT2D eigenvalue weighted by Crippen LogP contribution is -1.95. The Balaban J connectivity index is 2.05. The molecule has 20 heavy (non-hydrogen) atoms. The summed E-state index contributed by atoms with van der Waals surface area (Å²) < 4.78 is 1.85. The number of aryl methyl sites for hydroxylation is 2. The standard InChI is InChI=1S/C15H15N5/c1-10-3-5-12(6-4-10)20-9-13(11(2)19-20)14-7-8-17-15(16)18-14/h3-9H,1-2H3,(H2,16,17,18). The molecule has 0 spiro atoms. The molecule has 5 heteroatoms. The van der Waals surface area contributed by atoms with Crippen LogP contribution in [0.5, 0.6) is 0 Å². The smallest absolute Gasteiger partial charge is 0.220 e. The van der Waals surface area contributed by atoms with E-state index < -0.39 is 0 Å². The maximum Gasteiger partial charge on any atom is 0.220 e. The monoisotopic (exact) mass is 265 g/mol. The molecule has 0 atom stereocenters. The van der Waals surface area contributed by atoms with Crippen molar-refractivity contribution in [2.45, 2.75) is 13.8 Å². The minimum absolute atomic E-state index is 0.269. The van der Waals surface area contributed by atoms with Crippen LogP contribution in [0.3, 0.4) is 0 Å². The van der Waals surface area contributed by atoms with E-state index in [1.165, 1.54) is 5.56 Å². The number of benzene rings is 1. The van der Waals surface area contributed by atoms with Gasteiger partial charge in [0.1, 0.15) is 0 Å². The molecule has 0 radical (unpaired) electrons. The number of hydrogen-bond acceptors (Lipinski definition) is 4. The lowest BCUT2D eigenvalue weighted by atomic mass is 10.2. The molecule has 0 aliphatic heterocycles. The van der Waals surface area contributed by atoms with E-state index in [0.717, 1.165) is 22.6 Å². The average Bonchev–Trinajstić information content (AvgIpc) is 2.82. The molecule has 3 rings (SSSR count). The number of anilines is 1. The van der Waals surface area contributed by atoms with Crippen molar-refractivity contribution in [3.63, 3.8) is 0 Å². The zero-order valence-electron chi connectivity index (χ0n) is 11.4. The van der Waals surface area contributed by atoms with Gasteiger partial charge in [0.15, 0.2) is 0 Å². The highest BCUT2D eigenvalue weighted by molar-refractivity contribution is 5.62. The first kappa shape index (κ1) is 12.3. The Labute approximate surface area is 117 Å². The number of nitrogen functional groups attached to an aromatic ring is 1. The molecule has 1 aromatic carbocycles. The number of aromatic nitrogens is 4. The van der Waals surface area contributed by atoms with Gasteiger partial charge in [0.2, 0.25) is 5.95 Å². The van der Waals surface area contributed by atoms with Gasteiger partial charge in [-0.15, -0.1) is 0 Å². The molecular formula is C15H15N5. The summed E-state index contributed by atoms with van der Waals surface area (Å²) in [6, 6.07) is 10.0. The zero-order chi connectivity index (χ0) is 14.1. The molecule has 0 saturated heterocycles. The van der Waals surface area contributed by atoms with Crippen LogP contribution in [0, 0.1) is 13.8 Å². The minimum atomic E-state index is 0.269. The second-order valence-electron chi connectivity index (χ2n) is 4.71. The quantitative estimate of drug-likeness (QED) is 0.773. The summed E-state index contributed by atoms with van der Waals surface area (Å²) in [5, 5.41) is 4.53. The lowest BCUT2D eigenvalue weighted by molar-refractivity contribution is 0.862. The summed E-state index contributed by atoms with van der Waals surface area (Å²) in [6.07, 6.45) is 3.61. The van der Waals surface area contributed by atoms with Crippen LogP contribution in [0.25, 0.3) is 16.9 Å². The highest BCUT2D eigenvalue weighted by Gasteiger charge is 2.10. The molecule has 0 aliphatic carbocycles. The van der Waals surface area contributed by atoms with Crippen molar-refractivity contribution in [1.29, 1.82) is 0 Å². The maximum absolute atomic E-state index is 5.63. The first-order valence-corrected chi connectivity index (χ1v) is 6.36. The van der Waals surface area contributed by atoms with Crippen LogP contribution in [0.15, 0.2) is 42.7 Å². The van der Waals surface area contributed by atoms with Gasteiger partial charge in [-0.3, -0.25) is 0 Å². The van der Waals surface area contributed by atoms with E-state index >= 15 is 0 Å². The molecule has 0 amide bonds. The molecule has 0 fully saturated rings. The van der Waals surface area contributed by atoms with E-state index in [9.17, 15) is 0 Å². The lowest BCUT2D eigenvalue weighted by Gasteiger charge is -2.01. The molecule has 0 unspecified atom stereocenters. The third-order valence-electron chi connectivity index (χ3n) is 3.15. The molecule has 3 aromatic rings. The number of nitrogens with zero attached hydrogens (tertiary/aromatic N) is 4. The van der Waals surface area contributed by atoms with Crippen molar-refractivity contribution in [3.8, 4) is 16.9 Å². The van der Waals surface area contributed by atoms with Crippen LogP contribution < -0.4 is 5.73 Å². The van der Waals surface area contributed by atoms with Gasteiger partial charge in [-0.05, 0) is 32.0 Å². The van der Waals surface area contributed by atoms with Gasteiger partial charge in [0, 0.05) is 18.0 Å². The number of rotatable bonds is 2. The normalized spacial score (nSPS) is 10.7. The third kappa shape index (κ3) is 2.25. The fourth-order valence-electron chi connectivity index (χ4n) is 2.07. The highest BCUT2D eigenvalue weighted by Crippen LogP contribution is 2.22. The Morgan fingerprint density at radius 2 is 1.80 bits per heavy atom. The maximum atomic E-state index is 5.63. The van der Waals surface area contributed by atoms with Crippen molar-refractivity contribution < 1.29 is 0 Å². The molecule has 2 heterocycles. The van der Waals surface area contributed by atoms with Gasteiger partial charge in [0.05, 0.1) is 17.1 Å². The summed E-state index contributed by atoms with van der Waals surface area (Å²) in [6.45, 7) is 4.02. The summed E-state index contributed by atoms with van der Waals surface area (Å²) in [4.78, 5) is 8.15. The molecule has 0 bridgehead atoms. The second-order valence-corrected chi connectivity index (χ2v) is 4.71. The van der Waals surface area contributed by atoms with E-state index in [0.29, 0.717) is 0 Å². The van der Waals surface area contributed by atoms with Crippen molar-refractivity contribution in [1.82, 2.24) is 19.7 Å². The average molecular weight is 265 g/mol. The Kier molecular flexibility index (Phi) is 2.95. The zero-order valence-corrected chi connectivity index (χ0v) is 11.4. The predicted octanol–water partition coefficient (Wildman–Crippen LogP) is 2.53. The van der Waals surface area contributed by atoms with Crippen molar-refractivity contribution in [2.24, 2.45) is 0 Å². The molecule has 0 aliphatic rings. The number of hydrogen-bond donors (Lipinski definition) is 1. The number of nitrogens with two attached hydrogens (primary N) is 1. The summed E-state index contributed by atoms with van der Waals surface area (Å²) in [7, 11) is 0. The fourth-order valence-corrected chi connectivity index (χ4v) is 2.07. The van der Waals surface area contributed by atoms with Crippen LogP contribution in [0.4, 0.5) is 5.95 Å². The Hall–Kier alpha value is -2.69. The van der Waals surface area contributed by atoms with E-state index in [-0.39, 0.29) is 5.95 Å². The third-order valence-corrected chi connectivity index (χ3v) is 3.15. The largest absolute Gasteiger partial charge is 0.368 e. The van der Waals surface area contributed by atoms with E-state index in [1.807, 2.05) is 36.0 Å². The van der Waals surface area contributed by atoms with Crippen LogP contribution >= 0.6 is 0 Å². The summed E-state index contributed by atoms with van der Waals surface area (Å²) in [5.74, 6) is 0.269. The summed E-state index contributed by atoms with van der Waals surface area (Å²) in [5.41, 5.74) is 10.5. The first-order chi connectivity index (χ1) is 9.63. The van der Waals surface area contributed by atoms with Crippen LogP contribution in [-0.4, -0.2) is 19.7 Å². The molecular weight excluding hydrogens is 250 g/mol. The van der Waals surface area contributed by atoms with Gasteiger partial charge in [0.25, 0.3) is 0 Å². The van der Waals surface area contributed by atoms with Gasteiger partial charge in [-0.1, -0.05) is 17.7 Å². The fraction of sp³-hybridized carbons (Fsp3) is 0.133.